The van der Waals surface area contributed by atoms with Gasteiger partial charge in [-0.3, -0.25) is 14.7 Å². The maximum atomic E-state index is 15.8. The highest BCUT2D eigenvalue weighted by molar-refractivity contribution is 7.99. The van der Waals surface area contributed by atoms with Crippen LogP contribution in [-0.2, 0) is 18.9 Å². The van der Waals surface area contributed by atoms with Crippen LogP contribution in [0.4, 0.5) is 32.8 Å². The number of nitrogens with zero attached hydrogens (tertiary/aromatic N) is 5. The first kappa shape index (κ1) is 51.5. The van der Waals surface area contributed by atoms with Crippen molar-refractivity contribution in [2.75, 3.05) is 85.6 Å². The second-order valence-corrected chi connectivity index (χ2v) is 23.3. The van der Waals surface area contributed by atoms with Crippen LogP contribution in [0.3, 0.4) is 0 Å². The average molecular weight is 1020 g/mol. The van der Waals surface area contributed by atoms with Crippen molar-refractivity contribution in [1.29, 1.82) is 0 Å². The van der Waals surface area contributed by atoms with Crippen molar-refractivity contribution in [3.8, 4) is 22.4 Å². The van der Waals surface area contributed by atoms with Gasteiger partial charge in [0.2, 0.25) is 0 Å². The number of rotatable bonds is 20. The molecule has 1 aliphatic heterocycles. The van der Waals surface area contributed by atoms with Crippen LogP contribution in [0.2, 0.25) is 5.02 Å². The van der Waals surface area contributed by atoms with Crippen LogP contribution in [0.15, 0.2) is 125 Å². The molecule has 0 bridgehead atoms. The molecule has 0 amide bonds. The quantitative estimate of drug-likeness (QED) is 0.0325. The van der Waals surface area contributed by atoms with E-state index in [-0.39, 0.29) is 34.6 Å². The molecular formula is C51H60ClFN7O6PS2. The van der Waals surface area contributed by atoms with Crippen LogP contribution in [0.25, 0.3) is 22.4 Å². The molecule has 2 N–H and O–H groups in total. The second kappa shape index (κ2) is 22.2. The van der Waals surface area contributed by atoms with Crippen molar-refractivity contribution in [1.82, 2.24) is 9.47 Å². The van der Waals surface area contributed by atoms with Gasteiger partial charge in [-0.05, 0) is 145 Å². The lowest BCUT2D eigenvalue weighted by molar-refractivity contribution is -0.383. The number of nitro groups is 1. The fourth-order valence-electron chi connectivity index (χ4n) is 8.86. The molecule has 0 saturated carbocycles. The van der Waals surface area contributed by atoms with Gasteiger partial charge in [-0.2, -0.15) is 0 Å². The molecule has 1 fully saturated rings. The van der Waals surface area contributed by atoms with Crippen LogP contribution < -0.4 is 25.5 Å². The number of nitrogens with one attached hydrogen (secondary N) is 2. The topological polar surface area (TPSA) is 142 Å². The predicted molar refractivity (Wildman–Crippen MR) is 283 cm³/mol. The molecule has 7 rings (SSSR count). The lowest BCUT2D eigenvalue weighted by Gasteiger charge is -2.37. The zero-order chi connectivity index (χ0) is 49.6. The van der Waals surface area contributed by atoms with E-state index in [9.17, 15) is 23.1 Å². The zero-order valence-electron chi connectivity index (χ0n) is 40.0. The summed E-state index contributed by atoms with van der Waals surface area (Å²) in [7, 11) is -3.61. The molecule has 5 aromatic carbocycles. The maximum absolute atomic E-state index is 15.8. The van der Waals surface area contributed by atoms with Crippen molar-refractivity contribution in [2.45, 2.75) is 56.0 Å². The van der Waals surface area contributed by atoms with Gasteiger partial charge in [0.1, 0.15) is 11.5 Å². The minimum absolute atomic E-state index is 0.0837. The SMILES string of the molecule is CCOP(=O)(Nc1ccc(N2CCN(c3cc(F)cc(-c4c(S(C)(=O)=O)c(C)n(C(C)C)c4-c4ccc(Cl)cc4)c3)CC2)cc1)c1ccc(NC(CCN(C)C)CSc2ccccc2)c([N+](=O)[O-])c1. The summed E-state index contributed by atoms with van der Waals surface area (Å²) < 4.78 is 65.2. The van der Waals surface area contributed by atoms with Crippen LogP contribution in [0.5, 0.6) is 0 Å². The van der Waals surface area contributed by atoms with Gasteiger partial charge in [-0.1, -0.05) is 41.9 Å². The molecule has 0 aliphatic carbocycles. The smallest absolute Gasteiger partial charge is 0.324 e. The summed E-state index contributed by atoms with van der Waals surface area (Å²) in [6, 6.07) is 33.8. The maximum Gasteiger partial charge on any atom is 0.324 e. The molecule has 1 aliphatic rings. The number of hydrogen-bond donors (Lipinski definition) is 2. The van der Waals surface area contributed by atoms with E-state index in [1.54, 1.807) is 62.0 Å². The van der Waals surface area contributed by atoms with E-state index in [1.165, 1.54) is 24.5 Å². The first-order valence-electron chi connectivity index (χ1n) is 22.9. The highest BCUT2D eigenvalue weighted by Crippen LogP contribution is 2.48. The van der Waals surface area contributed by atoms with Crippen LogP contribution in [-0.4, -0.2) is 94.3 Å². The van der Waals surface area contributed by atoms with Crippen molar-refractivity contribution in [3.05, 3.63) is 142 Å². The Morgan fingerprint density at radius 1 is 0.899 bits per heavy atom. The standard InChI is InChI=1S/C51H60ClFN7O6PS2/c1-8-66-67(63,45-22-23-47(48(33-45)60(61)62)54-42(24-25-56(5)6)34-68-46-12-10-9-11-13-46)55-41-18-20-43(21-19-41)57-26-28-58(29-27-57)44-31-38(30-40(53)32-44)49-50(37-14-16-39(52)17-15-37)59(35(2)3)36(4)51(49)69(7,64)65/h9-23,30-33,35,42,54H,8,24-29,34H2,1-7H3,(H,55,63). The van der Waals surface area contributed by atoms with E-state index < -0.39 is 28.1 Å². The Kier molecular flexibility index (Phi) is 16.5. The van der Waals surface area contributed by atoms with Crippen molar-refractivity contribution >= 4 is 74.5 Å². The van der Waals surface area contributed by atoms with Gasteiger partial charge in [0.25, 0.3) is 5.69 Å². The third-order valence-electron chi connectivity index (χ3n) is 12.0. The normalized spacial score (nSPS) is 14.5. The molecule has 2 atom stereocenters. The fraction of sp³-hybridized carbons (Fsp3) is 0.333. The third kappa shape index (κ3) is 12.3. The fourth-order valence-corrected chi connectivity index (χ4v) is 13.0. The summed E-state index contributed by atoms with van der Waals surface area (Å²) in [5.41, 5.74) is 5.16. The van der Waals surface area contributed by atoms with Crippen LogP contribution in [0.1, 0.15) is 38.9 Å². The minimum Gasteiger partial charge on any atom is -0.376 e. The lowest BCUT2D eigenvalue weighted by atomic mass is 9.99. The third-order valence-corrected chi connectivity index (χ3v) is 16.8. The summed E-state index contributed by atoms with van der Waals surface area (Å²) in [4.78, 5) is 19.7. The Balaban J connectivity index is 1.07. The van der Waals surface area contributed by atoms with Crippen LogP contribution in [0, 0.1) is 22.9 Å². The molecule has 0 spiro atoms. The first-order chi connectivity index (χ1) is 32.8. The van der Waals surface area contributed by atoms with Crippen molar-refractivity contribution in [2.24, 2.45) is 0 Å². The molecule has 6 aromatic rings. The summed E-state index contributed by atoms with van der Waals surface area (Å²) >= 11 is 7.94. The Bertz CT molecular complexity index is 2920. The number of thioether (sulfide) groups is 1. The van der Waals surface area contributed by atoms with Crippen LogP contribution >= 0.6 is 30.9 Å². The van der Waals surface area contributed by atoms with E-state index in [1.807, 2.05) is 93.2 Å². The van der Waals surface area contributed by atoms with Gasteiger partial charge in [-0.15, -0.1) is 11.8 Å². The number of sulfone groups is 1. The molecule has 2 unspecified atom stereocenters. The van der Waals surface area contributed by atoms with Crippen molar-refractivity contribution in [3.63, 3.8) is 0 Å². The molecule has 13 nitrogen and oxygen atoms in total. The molecule has 18 heteroatoms. The highest BCUT2D eigenvalue weighted by Gasteiger charge is 2.32. The molecule has 0 radical (unpaired) electrons. The number of aromatic nitrogens is 1. The number of halogens is 2. The van der Waals surface area contributed by atoms with Crippen molar-refractivity contribution < 1.29 is 26.8 Å². The summed E-state index contributed by atoms with van der Waals surface area (Å²) in [6.45, 7) is 10.7. The van der Waals surface area contributed by atoms with E-state index in [0.29, 0.717) is 76.5 Å². The first-order valence-corrected chi connectivity index (χ1v) is 27.8. The molecule has 366 valence electrons. The van der Waals surface area contributed by atoms with Gasteiger partial charge >= 0.3 is 7.52 Å². The average Bonchev–Trinajstić information content (AvgIpc) is 3.64. The molecule has 1 aromatic heterocycles. The van der Waals surface area contributed by atoms with E-state index >= 15 is 4.39 Å². The molecule has 1 saturated heterocycles. The van der Waals surface area contributed by atoms with Gasteiger partial charge in [0.05, 0.1) is 27.4 Å². The Morgan fingerprint density at radius 2 is 1.55 bits per heavy atom. The highest BCUT2D eigenvalue weighted by atomic mass is 35.5. The number of anilines is 4. The van der Waals surface area contributed by atoms with E-state index in [0.717, 1.165) is 29.1 Å². The number of piperazine rings is 1. The number of nitro benzene ring substituents is 1. The summed E-state index contributed by atoms with van der Waals surface area (Å²) in [5.74, 6) is 0.209. The Morgan fingerprint density at radius 3 is 2.14 bits per heavy atom. The largest absolute Gasteiger partial charge is 0.376 e. The monoisotopic (exact) mass is 1020 g/mol. The lowest BCUT2D eigenvalue weighted by Crippen LogP contribution is -2.46. The van der Waals surface area contributed by atoms with Gasteiger partial charge in [0, 0.05) is 94.6 Å². The minimum atomic E-state index is -3.84. The van der Waals surface area contributed by atoms with E-state index in [4.69, 9.17) is 16.1 Å². The molecule has 2 heterocycles. The van der Waals surface area contributed by atoms with Gasteiger partial charge < -0.3 is 34.2 Å². The zero-order valence-corrected chi connectivity index (χ0v) is 43.3. The summed E-state index contributed by atoms with van der Waals surface area (Å²) in [6.07, 6.45) is 1.94. The second-order valence-electron chi connectivity index (χ2n) is 17.7. The Labute approximate surface area is 414 Å². The van der Waals surface area contributed by atoms with Gasteiger partial charge in [-0.25, -0.2) is 12.8 Å². The van der Waals surface area contributed by atoms with E-state index in [2.05, 4.69) is 25.1 Å². The number of benzene rings is 5. The molecular weight excluding hydrogens is 956 g/mol. The Hall–Kier alpha value is -5.35. The predicted octanol–water partition coefficient (Wildman–Crippen LogP) is 11.6. The number of hydrogen-bond acceptors (Lipinski definition) is 11. The molecule has 69 heavy (non-hydrogen) atoms. The van der Waals surface area contributed by atoms with Gasteiger partial charge in [0.15, 0.2) is 9.84 Å². The summed E-state index contributed by atoms with van der Waals surface area (Å²) in [5, 5.41) is 19.7.